The number of nitrogens with zero attached hydrogens (tertiary/aromatic N) is 5. The Labute approximate surface area is 158 Å². The van der Waals surface area contributed by atoms with E-state index in [1.165, 1.54) is 0 Å². The van der Waals surface area contributed by atoms with Crippen molar-refractivity contribution in [3.05, 3.63) is 34.1 Å². The van der Waals surface area contributed by atoms with Gasteiger partial charge < -0.3 is 4.57 Å². The summed E-state index contributed by atoms with van der Waals surface area (Å²) in [5.74, 6) is 3.60. The number of benzene rings is 1. The average molecular weight is 376 g/mol. The third kappa shape index (κ3) is 4.13. The van der Waals surface area contributed by atoms with Gasteiger partial charge in [0.2, 0.25) is 0 Å². The monoisotopic (exact) mass is 375 g/mol. The smallest absolute Gasteiger partial charge is 0.199 e. The fraction of sp³-hybridized carbons (Fsp3) is 0.444. The summed E-state index contributed by atoms with van der Waals surface area (Å²) in [6.45, 7) is 8.20. The third-order valence-corrected chi connectivity index (χ3v) is 5.14. The predicted molar refractivity (Wildman–Crippen MR) is 104 cm³/mol. The van der Waals surface area contributed by atoms with Crippen molar-refractivity contribution in [3.8, 4) is 23.7 Å². The van der Waals surface area contributed by atoms with E-state index in [-0.39, 0.29) is 0 Å². The molecule has 0 aliphatic carbocycles. The van der Waals surface area contributed by atoms with Crippen LogP contribution in [0.1, 0.15) is 6.92 Å². The molecular formula is C18H22ClN5S. The molecule has 1 fully saturated rings. The van der Waals surface area contributed by atoms with Crippen molar-refractivity contribution >= 4 is 23.8 Å². The first-order valence-corrected chi connectivity index (χ1v) is 9.22. The first-order chi connectivity index (χ1) is 12.1. The zero-order valence-corrected chi connectivity index (χ0v) is 15.9. The molecule has 132 valence electrons. The van der Waals surface area contributed by atoms with Gasteiger partial charge in [-0.15, -0.1) is 6.42 Å². The predicted octanol–water partition coefficient (Wildman–Crippen LogP) is 2.96. The van der Waals surface area contributed by atoms with Crippen molar-refractivity contribution in [2.24, 2.45) is 0 Å². The Balaban J connectivity index is 1.78. The number of rotatable bonds is 5. The molecule has 0 spiro atoms. The van der Waals surface area contributed by atoms with Crippen molar-refractivity contribution in [3.63, 3.8) is 0 Å². The second kappa shape index (κ2) is 8.15. The molecule has 25 heavy (non-hydrogen) atoms. The van der Waals surface area contributed by atoms with Gasteiger partial charge in [0.15, 0.2) is 10.6 Å². The summed E-state index contributed by atoms with van der Waals surface area (Å²) in [7, 11) is 0. The van der Waals surface area contributed by atoms with Crippen LogP contribution in [-0.4, -0.2) is 56.9 Å². The van der Waals surface area contributed by atoms with Crippen LogP contribution in [0, 0.1) is 17.1 Å². The minimum atomic E-state index is 0.705. The lowest BCUT2D eigenvalue weighted by molar-refractivity contribution is 0.111. The Kier molecular flexibility index (Phi) is 5.92. The quantitative estimate of drug-likeness (QED) is 0.593. The summed E-state index contributed by atoms with van der Waals surface area (Å²) in [5.41, 5.74) is 1.02. The van der Waals surface area contributed by atoms with Crippen LogP contribution in [0.3, 0.4) is 0 Å². The Hall–Kier alpha value is -1.65. The maximum atomic E-state index is 6.00. The molecule has 1 aliphatic rings. The van der Waals surface area contributed by atoms with Crippen LogP contribution in [0.25, 0.3) is 11.4 Å². The largest absolute Gasteiger partial charge is 0.300 e. The van der Waals surface area contributed by atoms with Crippen LogP contribution in [0.2, 0.25) is 5.02 Å². The van der Waals surface area contributed by atoms with Gasteiger partial charge in [0.05, 0.1) is 13.2 Å². The Morgan fingerprint density at radius 3 is 2.40 bits per heavy atom. The Morgan fingerprint density at radius 2 is 1.80 bits per heavy atom. The number of hydrogen-bond donors (Lipinski definition) is 0. The van der Waals surface area contributed by atoms with Crippen molar-refractivity contribution in [1.29, 1.82) is 0 Å². The number of aromatic nitrogens is 3. The van der Waals surface area contributed by atoms with E-state index in [4.69, 9.17) is 35.3 Å². The van der Waals surface area contributed by atoms with E-state index >= 15 is 0 Å². The Morgan fingerprint density at radius 1 is 1.16 bits per heavy atom. The van der Waals surface area contributed by atoms with Gasteiger partial charge in [0.1, 0.15) is 0 Å². The number of piperazine rings is 1. The summed E-state index contributed by atoms with van der Waals surface area (Å²) in [6, 6.07) is 7.72. The molecule has 0 bridgehead atoms. The normalized spacial score (nSPS) is 16.0. The van der Waals surface area contributed by atoms with Crippen LogP contribution in [0.15, 0.2) is 24.3 Å². The molecule has 0 atom stereocenters. The van der Waals surface area contributed by atoms with E-state index < -0.39 is 0 Å². The zero-order chi connectivity index (χ0) is 17.8. The highest BCUT2D eigenvalue weighted by atomic mass is 35.5. The van der Waals surface area contributed by atoms with Gasteiger partial charge in [-0.3, -0.25) is 9.80 Å². The molecule has 3 rings (SSSR count). The molecule has 7 heteroatoms. The van der Waals surface area contributed by atoms with Gasteiger partial charge in [-0.25, -0.2) is 4.68 Å². The SMILES string of the molecule is C#CCN1CCN(Cn2nc(-c3ccc(Cl)cc3)n(CC)c2=S)CC1. The fourth-order valence-electron chi connectivity index (χ4n) is 3.04. The van der Waals surface area contributed by atoms with Gasteiger partial charge in [-0.05, 0) is 43.4 Å². The van der Waals surface area contributed by atoms with Crippen LogP contribution in [0.5, 0.6) is 0 Å². The first-order valence-electron chi connectivity index (χ1n) is 8.44. The molecule has 1 saturated heterocycles. The minimum Gasteiger partial charge on any atom is -0.300 e. The molecule has 2 heterocycles. The van der Waals surface area contributed by atoms with Gasteiger partial charge in [-0.1, -0.05) is 17.5 Å². The number of terminal acetylenes is 1. The molecule has 0 saturated carbocycles. The molecule has 1 aromatic carbocycles. The maximum absolute atomic E-state index is 6.00. The van der Waals surface area contributed by atoms with Gasteiger partial charge in [0.25, 0.3) is 0 Å². The molecule has 2 aromatic rings. The van der Waals surface area contributed by atoms with E-state index in [1.807, 2.05) is 28.9 Å². The standard InChI is InChI=1S/C18H22ClN5S/c1-3-9-21-10-12-22(13-11-21)14-24-18(25)23(4-2)17(20-24)15-5-7-16(19)8-6-15/h1,5-8H,4,9-14H2,2H3. The van der Waals surface area contributed by atoms with Crippen molar-refractivity contribution < 1.29 is 0 Å². The topological polar surface area (TPSA) is 29.2 Å². The van der Waals surface area contributed by atoms with Crippen molar-refractivity contribution in [2.75, 3.05) is 32.7 Å². The molecule has 0 amide bonds. The highest BCUT2D eigenvalue weighted by molar-refractivity contribution is 7.71. The Bertz CT molecular complexity index is 809. The van der Waals surface area contributed by atoms with Crippen LogP contribution >= 0.6 is 23.8 Å². The summed E-state index contributed by atoms with van der Waals surface area (Å²) in [5, 5.41) is 5.49. The molecule has 0 N–H and O–H groups in total. The van der Waals surface area contributed by atoms with E-state index in [0.29, 0.717) is 6.67 Å². The molecule has 1 aromatic heterocycles. The van der Waals surface area contributed by atoms with Gasteiger partial charge in [-0.2, -0.15) is 5.10 Å². The zero-order valence-electron chi connectivity index (χ0n) is 14.4. The van der Waals surface area contributed by atoms with E-state index in [9.17, 15) is 0 Å². The van der Waals surface area contributed by atoms with Gasteiger partial charge in [0, 0.05) is 43.3 Å². The van der Waals surface area contributed by atoms with E-state index in [2.05, 4.69) is 27.2 Å². The lowest BCUT2D eigenvalue weighted by Gasteiger charge is -2.33. The van der Waals surface area contributed by atoms with E-state index in [1.54, 1.807) is 0 Å². The molecule has 5 nitrogen and oxygen atoms in total. The molecule has 1 aliphatic heterocycles. The lowest BCUT2D eigenvalue weighted by Crippen LogP contribution is -2.46. The highest BCUT2D eigenvalue weighted by Crippen LogP contribution is 2.21. The van der Waals surface area contributed by atoms with E-state index in [0.717, 1.165) is 60.5 Å². The van der Waals surface area contributed by atoms with Gasteiger partial charge >= 0.3 is 0 Å². The van der Waals surface area contributed by atoms with Crippen molar-refractivity contribution in [1.82, 2.24) is 24.1 Å². The molecular weight excluding hydrogens is 354 g/mol. The summed E-state index contributed by atoms with van der Waals surface area (Å²) < 4.78 is 4.73. The minimum absolute atomic E-state index is 0.705. The summed E-state index contributed by atoms with van der Waals surface area (Å²) >= 11 is 11.6. The maximum Gasteiger partial charge on any atom is 0.199 e. The van der Waals surface area contributed by atoms with Crippen molar-refractivity contribution in [2.45, 2.75) is 20.1 Å². The first kappa shape index (κ1) is 18.2. The lowest BCUT2D eigenvalue weighted by atomic mass is 10.2. The second-order valence-electron chi connectivity index (χ2n) is 6.10. The molecule has 0 radical (unpaired) electrons. The van der Waals surface area contributed by atoms with Crippen LogP contribution in [0.4, 0.5) is 0 Å². The second-order valence-corrected chi connectivity index (χ2v) is 6.90. The van der Waals surface area contributed by atoms with Crippen LogP contribution < -0.4 is 0 Å². The molecule has 0 unspecified atom stereocenters. The highest BCUT2D eigenvalue weighted by Gasteiger charge is 2.18. The third-order valence-electron chi connectivity index (χ3n) is 4.46. The summed E-state index contributed by atoms with van der Waals surface area (Å²) in [4.78, 5) is 4.65. The number of halogens is 1. The van der Waals surface area contributed by atoms with Crippen LogP contribution in [-0.2, 0) is 13.2 Å². The number of hydrogen-bond acceptors (Lipinski definition) is 4. The average Bonchev–Trinajstić information content (AvgIpc) is 2.93. The fourth-order valence-corrected chi connectivity index (χ4v) is 3.48. The summed E-state index contributed by atoms with van der Waals surface area (Å²) in [6.07, 6.45) is 5.39.